The normalized spacial score (nSPS) is 21.3. The number of hydrogen-bond donors (Lipinski definition) is 1. The Morgan fingerprint density at radius 3 is 2.18 bits per heavy atom. The Labute approximate surface area is 247 Å². The highest BCUT2D eigenvalue weighted by Crippen LogP contribution is 2.39. The van der Waals surface area contributed by atoms with Crippen molar-refractivity contribution >= 4 is 41.5 Å². The zero-order valence-corrected chi connectivity index (χ0v) is 24.2. The molecule has 2 fully saturated rings. The molecular formula is C31H35Cl3N2O3. The van der Waals surface area contributed by atoms with Gasteiger partial charge in [0.05, 0.1) is 28.8 Å². The van der Waals surface area contributed by atoms with Gasteiger partial charge in [-0.3, -0.25) is 4.79 Å². The fraction of sp³-hybridized carbons (Fsp3) is 0.387. The van der Waals surface area contributed by atoms with Crippen molar-refractivity contribution < 1.29 is 14.6 Å². The summed E-state index contributed by atoms with van der Waals surface area (Å²) < 4.78 is 6.71. The molecule has 1 atom stereocenters. The fourth-order valence-electron chi connectivity index (χ4n) is 5.73. The number of rotatable bonds is 7. The van der Waals surface area contributed by atoms with Crippen LogP contribution < -0.4 is 0 Å². The van der Waals surface area contributed by atoms with Crippen LogP contribution in [0.1, 0.15) is 47.2 Å². The maximum Gasteiger partial charge on any atom is 0.253 e. The van der Waals surface area contributed by atoms with Gasteiger partial charge in [-0.1, -0.05) is 77.8 Å². The zero-order chi connectivity index (χ0) is 26.6. The highest BCUT2D eigenvalue weighted by molar-refractivity contribution is 6.42. The highest BCUT2D eigenvalue weighted by atomic mass is 35.5. The minimum atomic E-state index is -0.776. The van der Waals surface area contributed by atoms with Crippen LogP contribution in [0.3, 0.4) is 0 Å². The van der Waals surface area contributed by atoms with Crippen molar-refractivity contribution in [2.24, 2.45) is 0 Å². The van der Waals surface area contributed by atoms with E-state index in [1.54, 1.807) is 6.07 Å². The summed E-state index contributed by atoms with van der Waals surface area (Å²) in [7, 11) is 0. The minimum absolute atomic E-state index is 0. The Morgan fingerprint density at radius 2 is 1.51 bits per heavy atom. The smallest absolute Gasteiger partial charge is 0.253 e. The molecule has 0 aromatic heterocycles. The molecule has 5 nitrogen and oxygen atoms in total. The first-order chi connectivity index (χ1) is 18.4. The summed E-state index contributed by atoms with van der Waals surface area (Å²) in [6.45, 7) is 4.00. The summed E-state index contributed by atoms with van der Waals surface area (Å²) in [5, 5.41) is 12.2. The topological polar surface area (TPSA) is 53.0 Å². The highest BCUT2D eigenvalue weighted by Gasteiger charge is 2.41. The molecule has 0 spiro atoms. The maximum atomic E-state index is 13.3. The molecule has 2 aliphatic heterocycles. The Bertz CT molecular complexity index is 1240. The number of aliphatic hydroxyl groups is 1. The van der Waals surface area contributed by atoms with Crippen molar-refractivity contribution in [1.29, 1.82) is 0 Å². The lowest BCUT2D eigenvalue weighted by atomic mass is 9.84. The zero-order valence-electron chi connectivity index (χ0n) is 21.9. The number of nitrogens with zero attached hydrogens (tertiary/aromatic N) is 2. The lowest BCUT2D eigenvalue weighted by Gasteiger charge is -2.44. The van der Waals surface area contributed by atoms with Crippen LogP contribution in [-0.2, 0) is 15.9 Å². The number of carbonyl (C=O) groups is 1. The van der Waals surface area contributed by atoms with E-state index in [0.717, 1.165) is 43.6 Å². The summed E-state index contributed by atoms with van der Waals surface area (Å²) >= 11 is 12.7. The van der Waals surface area contributed by atoms with Gasteiger partial charge in [-0.05, 0) is 61.1 Å². The minimum Gasteiger partial charge on any atom is -0.385 e. The molecule has 1 amide bonds. The largest absolute Gasteiger partial charge is 0.385 e. The molecule has 208 valence electrons. The second kappa shape index (κ2) is 13.0. The van der Waals surface area contributed by atoms with Crippen LogP contribution in [0.4, 0.5) is 0 Å². The molecule has 2 saturated heterocycles. The predicted octanol–water partition coefficient (Wildman–Crippen LogP) is 6.55. The van der Waals surface area contributed by atoms with Crippen LogP contribution in [0.25, 0.3) is 0 Å². The van der Waals surface area contributed by atoms with Gasteiger partial charge < -0.3 is 19.6 Å². The Balaban J connectivity index is 0.00000353. The number of carbonyl (C=O) groups excluding carboxylic acids is 1. The number of piperidine rings is 2. The van der Waals surface area contributed by atoms with Crippen molar-refractivity contribution in [1.82, 2.24) is 9.80 Å². The summed E-state index contributed by atoms with van der Waals surface area (Å²) in [6, 6.07) is 25.0. The maximum absolute atomic E-state index is 13.3. The monoisotopic (exact) mass is 588 g/mol. The molecule has 1 N–H and O–H groups in total. The SMILES string of the molecule is Cl.O=C(c1ccccc1)N1CCCC(OCCN2CCC(O)(c3ccccc3)CC2)(c2ccc(Cl)c(Cl)c2)C1. The molecule has 0 aliphatic carbocycles. The Morgan fingerprint density at radius 1 is 0.846 bits per heavy atom. The molecule has 3 aromatic carbocycles. The van der Waals surface area contributed by atoms with Gasteiger partial charge in [0.2, 0.25) is 0 Å². The van der Waals surface area contributed by atoms with Gasteiger partial charge >= 0.3 is 0 Å². The van der Waals surface area contributed by atoms with Gasteiger partial charge in [-0.25, -0.2) is 0 Å². The van der Waals surface area contributed by atoms with Crippen LogP contribution in [0.2, 0.25) is 10.0 Å². The molecule has 0 saturated carbocycles. The van der Waals surface area contributed by atoms with E-state index in [1.807, 2.05) is 77.7 Å². The lowest BCUT2D eigenvalue weighted by Crippen LogP contribution is -2.51. The summed E-state index contributed by atoms with van der Waals surface area (Å²) in [5.41, 5.74) is 1.16. The number of ether oxygens (including phenoxy) is 1. The number of benzene rings is 3. The first kappa shape index (κ1) is 29.9. The molecule has 0 bridgehead atoms. The summed E-state index contributed by atoms with van der Waals surface area (Å²) in [6.07, 6.45) is 2.99. The van der Waals surface area contributed by atoms with Crippen molar-refractivity contribution in [3.8, 4) is 0 Å². The van der Waals surface area contributed by atoms with Crippen molar-refractivity contribution in [3.63, 3.8) is 0 Å². The lowest BCUT2D eigenvalue weighted by molar-refractivity contribution is -0.0989. The third kappa shape index (κ3) is 6.79. The third-order valence-electron chi connectivity index (χ3n) is 7.99. The van der Waals surface area contributed by atoms with Crippen molar-refractivity contribution in [3.05, 3.63) is 106 Å². The second-order valence-corrected chi connectivity index (χ2v) is 11.2. The van der Waals surface area contributed by atoms with Crippen molar-refractivity contribution in [2.45, 2.75) is 36.9 Å². The number of halogens is 3. The van der Waals surface area contributed by atoms with E-state index < -0.39 is 11.2 Å². The second-order valence-electron chi connectivity index (χ2n) is 10.4. The van der Waals surface area contributed by atoms with Gasteiger partial charge in [-0.2, -0.15) is 0 Å². The van der Waals surface area contributed by atoms with Crippen LogP contribution in [0, 0.1) is 0 Å². The number of amides is 1. The Hall–Kier alpha value is -2.12. The van der Waals surface area contributed by atoms with E-state index in [4.69, 9.17) is 27.9 Å². The van der Waals surface area contributed by atoms with Gasteiger partial charge in [0, 0.05) is 31.7 Å². The standard InChI is InChI=1S/C31H34Cl2N2O3.ClH/c32-27-13-12-26(22-28(27)33)31(14-7-17-35(23-31)29(36)24-8-3-1-4-9-24)38-21-20-34-18-15-30(37,16-19-34)25-10-5-2-6-11-25;/h1-6,8-13,22,37H,7,14-21,23H2;1H. The average molecular weight is 590 g/mol. The van der Waals surface area contributed by atoms with E-state index in [2.05, 4.69) is 4.90 Å². The van der Waals surface area contributed by atoms with E-state index in [0.29, 0.717) is 48.1 Å². The molecule has 2 heterocycles. The molecule has 0 radical (unpaired) electrons. The van der Waals surface area contributed by atoms with Gasteiger partial charge in [-0.15, -0.1) is 12.4 Å². The van der Waals surface area contributed by atoms with E-state index in [9.17, 15) is 9.90 Å². The van der Waals surface area contributed by atoms with Gasteiger partial charge in [0.15, 0.2) is 0 Å². The fourth-order valence-corrected chi connectivity index (χ4v) is 6.03. The average Bonchev–Trinajstić information content (AvgIpc) is 2.96. The molecule has 3 aromatic rings. The van der Waals surface area contributed by atoms with Crippen LogP contribution in [0.5, 0.6) is 0 Å². The predicted molar refractivity (Wildman–Crippen MR) is 159 cm³/mol. The van der Waals surface area contributed by atoms with Crippen molar-refractivity contribution in [2.75, 3.05) is 39.3 Å². The van der Waals surface area contributed by atoms with Gasteiger partial charge in [0.1, 0.15) is 5.60 Å². The van der Waals surface area contributed by atoms with E-state index in [1.165, 1.54) is 0 Å². The Kier molecular flexibility index (Phi) is 9.97. The third-order valence-corrected chi connectivity index (χ3v) is 8.73. The quantitative estimate of drug-likeness (QED) is 0.340. The number of likely N-dealkylation sites (tertiary alicyclic amines) is 2. The van der Waals surface area contributed by atoms with Crippen LogP contribution >= 0.6 is 35.6 Å². The van der Waals surface area contributed by atoms with Gasteiger partial charge in [0.25, 0.3) is 5.91 Å². The first-order valence-corrected chi connectivity index (χ1v) is 14.1. The molecular weight excluding hydrogens is 555 g/mol. The van der Waals surface area contributed by atoms with E-state index in [-0.39, 0.29) is 18.3 Å². The molecule has 5 rings (SSSR count). The summed E-state index contributed by atoms with van der Waals surface area (Å²) in [4.78, 5) is 17.6. The molecule has 2 aliphatic rings. The van der Waals surface area contributed by atoms with E-state index >= 15 is 0 Å². The van der Waals surface area contributed by atoms with Crippen LogP contribution in [0.15, 0.2) is 78.9 Å². The molecule has 39 heavy (non-hydrogen) atoms. The number of hydrogen-bond acceptors (Lipinski definition) is 4. The molecule has 1 unspecified atom stereocenters. The molecule has 8 heteroatoms. The first-order valence-electron chi connectivity index (χ1n) is 13.3. The van der Waals surface area contributed by atoms with Crippen LogP contribution in [-0.4, -0.2) is 60.1 Å². The summed E-state index contributed by atoms with van der Waals surface area (Å²) in [5.74, 6) is 0.00886.